The van der Waals surface area contributed by atoms with E-state index in [-0.39, 0.29) is 17.7 Å². The van der Waals surface area contributed by atoms with E-state index in [0.29, 0.717) is 5.57 Å². The topological polar surface area (TPSA) is 55.5 Å². The lowest BCUT2D eigenvalue weighted by Gasteiger charge is -2.02. The van der Waals surface area contributed by atoms with Gasteiger partial charge in [0.15, 0.2) is 5.78 Å². The SMILES string of the molecule is C=C(C(C)=O)C(N)=NC(C)C. The van der Waals surface area contributed by atoms with Crippen molar-refractivity contribution in [1.82, 2.24) is 0 Å². The normalized spacial score (nSPS) is 11.8. The summed E-state index contributed by atoms with van der Waals surface area (Å²) < 4.78 is 0. The number of carbonyl (C=O) groups excluding carboxylic acids is 1. The summed E-state index contributed by atoms with van der Waals surface area (Å²) in [5, 5.41) is 0. The molecule has 0 aromatic heterocycles. The van der Waals surface area contributed by atoms with Gasteiger partial charge in [-0.1, -0.05) is 6.58 Å². The van der Waals surface area contributed by atoms with Crippen LogP contribution in [0.4, 0.5) is 0 Å². The van der Waals surface area contributed by atoms with Crippen LogP contribution in [0.2, 0.25) is 0 Å². The molecule has 0 amide bonds. The Morgan fingerprint density at radius 2 is 2.00 bits per heavy atom. The molecule has 0 aliphatic heterocycles. The van der Waals surface area contributed by atoms with Gasteiger partial charge in [-0.15, -0.1) is 0 Å². The first-order valence-electron chi connectivity index (χ1n) is 3.48. The highest BCUT2D eigenvalue weighted by molar-refractivity contribution is 6.19. The van der Waals surface area contributed by atoms with Crippen molar-refractivity contribution in [1.29, 1.82) is 0 Å². The van der Waals surface area contributed by atoms with Crippen LogP contribution in [0.15, 0.2) is 17.1 Å². The summed E-state index contributed by atoms with van der Waals surface area (Å²) in [6.45, 7) is 8.70. The van der Waals surface area contributed by atoms with Crippen molar-refractivity contribution in [3.63, 3.8) is 0 Å². The molecule has 0 radical (unpaired) electrons. The minimum absolute atomic E-state index is 0.103. The highest BCUT2D eigenvalue weighted by atomic mass is 16.1. The number of nitrogens with two attached hydrogens (primary N) is 1. The summed E-state index contributed by atoms with van der Waals surface area (Å²) in [7, 11) is 0. The first-order chi connectivity index (χ1) is 4.95. The third-order valence-electron chi connectivity index (χ3n) is 1.13. The summed E-state index contributed by atoms with van der Waals surface area (Å²) in [5.74, 6) is 0.111. The lowest BCUT2D eigenvalue weighted by atomic mass is 10.2. The van der Waals surface area contributed by atoms with Gasteiger partial charge in [-0.05, 0) is 20.8 Å². The van der Waals surface area contributed by atoms with Crippen LogP contribution >= 0.6 is 0 Å². The van der Waals surface area contributed by atoms with Crippen LogP contribution in [0.5, 0.6) is 0 Å². The Morgan fingerprint density at radius 1 is 1.55 bits per heavy atom. The van der Waals surface area contributed by atoms with Crippen LogP contribution in [-0.4, -0.2) is 17.7 Å². The number of carbonyl (C=O) groups is 1. The Kier molecular flexibility index (Phi) is 3.51. The van der Waals surface area contributed by atoms with Gasteiger partial charge in [-0.2, -0.15) is 0 Å². The summed E-state index contributed by atoms with van der Waals surface area (Å²) >= 11 is 0. The van der Waals surface area contributed by atoms with Crippen molar-refractivity contribution in [2.45, 2.75) is 26.8 Å². The zero-order valence-electron chi connectivity index (χ0n) is 7.22. The molecular formula is C8H14N2O. The molecule has 0 aromatic rings. The zero-order valence-corrected chi connectivity index (χ0v) is 7.22. The van der Waals surface area contributed by atoms with Gasteiger partial charge >= 0.3 is 0 Å². The van der Waals surface area contributed by atoms with Crippen molar-refractivity contribution >= 4 is 11.6 Å². The van der Waals surface area contributed by atoms with Crippen molar-refractivity contribution < 1.29 is 4.79 Å². The molecule has 0 saturated carbocycles. The summed E-state index contributed by atoms with van der Waals surface area (Å²) in [5.41, 5.74) is 5.74. The molecule has 0 bridgehead atoms. The lowest BCUT2D eigenvalue weighted by Crippen LogP contribution is -2.20. The van der Waals surface area contributed by atoms with Gasteiger partial charge < -0.3 is 5.73 Å². The molecule has 0 spiro atoms. The molecule has 0 aliphatic rings. The fourth-order valence-corrected chi connectivity index (χ4v) is 0.536. The van der Waals surface area contributed by atoms with Crippen LogP contribution in [0, 0.1) is 0 Å². The molecule has 0 fully saturated rings. The van der Waals surface area contributed by atoms with Gasteiger partial charge in [0.25, 0.3) is 0 Å². The third kappa shape index (κ3) is 3.55. The average Bonchev–Trinajstić information content (AvgIpc) is 1.84. The van der Waals surface area contributed by atoms with E-state index >= 15 is 0 Å². The summed E-state index contributed by atoms with van der Waals surface area (Å²) in [6, 6.07) is 0.103. The summed E-state index contributed by atoms with van der Waals surface area (Å²) in [6.07, 6.45) is 0. The zero-order chi connectivity index (χ0) is 9.02. The van der Waals surface area contributed by atoms with Crippen molar-refractivity contribution in [3.8, 4) is 0 Å². The molecule has 0 aliphatic carbocycles. The number of hydrogen-bond donors (Lipinski definition) is 1. The van der Waals surface area contributed by atoms with Gasteiger partial charge in [0.05, 0.1) is 5.57 Å². The fourth-order valence-electron chi connectivity index (χ4n) is 0.536. The Hall–Kier alpha value is -1.12. The molecule has 0 aromatic carbocycles. The van der Waals surface area contributed by atoms with E-state index in [1.807, 2.05) is 13.8 Å². The monoisotopic (exact) mass is 154 g/mol. The second-order valence-corrected chi connectivity index (χ2v) is 2.64. The standard InChI is InChI=1S/C8H14N2O/c1-5(2)10-8(9)6(3)7(4)11/h5H,3H2,1-2,4H3,(H2,9,10). The van der Waals surface area contributed by atoms with Crippen LogP contribution < -0.4 is 5.73 Å². The molecule has 62 valence electrons. The number of amidine groups is 1. The number of rotatable bonds is 3. The van der Waals surface area contributed by atoms with Crippen molar-refractivity contribution in [2.24, 2.45) is 10.7 Å². The largest absolute Gasteiger partial charge is 0.383 e. The van der Waals surface area contributed by atoms with Crippen LogP contribution in [0.25, 0.3) is 0 Å². The number of Topliss-reactive ketones (excluding diaryl/α,β-unsaturated/α-hetero) is 1. The van der Waals surface area contributed by atoms with E-state index in [4.69, 9.17) is 5.73 Å². The molecule has 3 nitrogen and oxygen atoms in total. The number of aliphatic imine (C=N–C) groups is 1. The van der Waals surface area contributed by atoms with E-state index < -0.39 is 0 Å². The Balaban J connectivity index is 4.36. The molecule has 3 heteroatoms. The molecule has 0 saturated heterocycles. The van der Waals surface area contributed by atoms with Crippen LogP contribution in [-0.2, 0) is 4.79 Å². The molecule has 0 heterocycles. The van der Waals surface area contributed by atoms with Gasteiger partial charge in [-0.3, -0.25) is 9.79 Å². The maximum Gasteiger partial charge on any atom is 0.162 e. The summed E-state index contributed by atoms with van der Waals surface area (Å²) in [4.78, 5) is 14.7. The fraction of sp³-hybridized carbons (Fsp3) is 0.500. The van der Waals surface area contributed by atoms with Crippen LogP contribution in [0.1, 0.15) is 20.8 Å². The quantitative estimate of drug-likeness (QED) is 0.373. The molecule has 2 N–H and O–H groups in total. The molecule has 11 heavy (non-hydrogen) atoms. The van der Waals surface area contributed by atoms with E-state index in [0.717, 1.165) is 0 Å². The third-order valence-corrected chi connectivity index (χ3v) is 1.13. The smallest absolute Gasteiger partial charge is 0.162 e. The maximum atomic E-state index is 10.7. The minimum Gasteiger partial charge on any atom is -0.383 e. The predicted octanol–water partition coefficient (Wildman–Crippen LogP) is 0.897. The highest BCUT2D eigenvalue weighted by Gasteiger charge is 2.04. The van der Waals surface area contributed by atoms with Crippen LogP contribution in [0.3, 0.4) is 0 Å². The number of ketones is 1. The van der Waals surface area contributed by atoms with Gasteiger partial charge in [0.1, 0.15) is 5.84 Å². The van der Waals surface area contributed by atoms with Crippen molar-refractivity contribution in [2.75, 3.05) is 0 Å². The molecule has 0 atom stereocenters. The first-order valence-corrected chi connectivity index (χ1v) is 3.48. The second kappa shape index (κ2) is 3.91. The maximum absolute atomic E-state index is 10.7. The number of hydrogen-bond acceptors (Lipinski definition) is 2. The van der Waals surface area contributed by atoms with E-state index in [9.17, 15) is 4.79 Å². The van der Waals surface area contributed by atoms with E-state index in [1.165, 1.54) is 6.92 Å². The van der Waals surface area contributed by atoms with Gasteiger partial charge in [0.2, 0.25) is 0 Å². The molecular weight excluding hydrogens is 140 g/mol. The lowest BCUT2D eigenvalue weighted by molar-refractivity contribution is -0.113. The highest BCUT2D eigenvalue weighted by Crippen LogP contribution is 1.95. The van der Waals surface area contributed by atoms with E-state index in [1.54, 1.807) is 0 Å². The molecule has 0 rings (SSSR count). The predicted molar refractivity (Wildman–Crippen MR) is 46.6 cm³/mol. The van der Waals surface area contributed by atoms with Crippen molar-refractivity contribution in [3.05, 3.63) is 12.2 Å². The second-order valence-electron chi connectivity index (χ2n) is 2.64. The Morgan fingerprint density at radius 3 is 2.27 bits per heavy atom. The average molecular weight is 154 g/mol. The Labute approximate surface area is 67.0 Å². The number of nitrogens with zero attached hydrogens (tertiary/aromatic N) is 1. The van der Waals surface area contributed by atoms with Gasteiger partial charge in [-0.25, -0.2) is 0 Å². The van der Waals surface area contributed by atoms with E-state index in [2.05, 4.69) is 11.6 Å². The minimum atomic E-state index is -0.132. The molecule has 0 unspecified atom stereocenters. The van der Waals surface area contributed by atoms with Gasteiger partial charge in [0, 0.05) is 6.04 Å². The Bertz CT molecular complexity index is 204. The first kappa shape index (κ1) is 9.88.